The first-order valence-corrected chi connectivity index (χ1v) is 6.33. The second-order valence-corrected chi connectivity index (χ2v) is 4.32. The van der Waals surface area contributed by atoms with Crippen LogP contribution in [0, 0.1) is 6.92 Å². The molecule has 0 aliphatic rings. The molecular formula is C14H23NO3. The highest BCUT2D eigenvalue weighted by Gasteiger charge is 2.08. The molecule has 1 atom stereocenters. The average Bonchev–Trinajstić information content (AvgIpc) is 2.37. The predicted molar refractivity (Wildman–Crippen MR) is 72.4 cm³/mol. The Bertz CT molecular complexity index is 355. The maximum Gasteiger partial charge on any atom is 0.161 e. The molecule has 2 N–H and O–H groups in total. The van der Waals surface area contributed by atoms with E-state index in [-0.39, 0.29) is 6.61 Å². The zero-order chi connectivity index (χ0) is 13.4. The Morgan fingerprint density at radius 3 is 2.78 bits per heavy atom. The molecule has 0 saturated heterocycles. The van der Waals surface area contributed by atoms with Gasteiger partial charge in [0.25, 0.3) is 0 Å². The van der Waals surface area contributed by atoms with Gasteiger partial charge in [0.1, 0.15) is 12.7 Å². The molecule has 0 radical (unpaired) electrons. The van der Waals surface area contributed by atoms with Crippen LogP contribution < -0.4 is 14.8 Å². The molecule has 0 saturated carbocycles. The summed E-state index contributed by atoms with van der Waals surface area (Å²) in [6.07, 6.45) is 0.543. The fourth-order valence-electron chi connectivity index (χ4n) is 1.58. The van der Waals surface area contributed by atoms with Gasteiger partial charge < -0.3 is 19.9 Å². The van der Waals surface area contributed by atoms with Gasteiger partial charge in [-0.2, -0.15) is 0 Å². The molecule has 0 amide bonds. The van der Waals surface area contributed by atoms with E-state index < -0.39 is 6.10 Å². The molecule has 0 bridgehead atoms. The summed E-state index contributed by atoms with van der Waals surface area (Å²) in [7, 11) is 1.61. The van der Waals surface area contributed by atoms with Crippen LogP contribution in [-0.4, -0.2) is 38.0 Å². The topological polar surface area (TPSA) is 50.7 Å². The number of aliphatic hydroxyl groups is 1. The highest BCUT2D eigenvalue weighted by Crippen LogP contribution is 2.27. The van der Waals surface area contributed by atoms with Crippen molar-refractivity contribution < 1.29 is 14.6 Å². The number of hydrogen-bond acceptors (Lipinski definition) is 4. The van der Waals surface area contributed by atoms with Gasteiger partial charge in [-0.3, -0.25) is 0 Å². The lowest BCUT2D eigenvalue weighted by Crippen LogP contribution is -2.31. The van der Waals surface area contributed by atoms with Gasteiger partial charge >= 0.3 is 0 Å². The van der Waals surface area contributed by atoms with Gasteiger partial charge in [0.2, 0.25) is 0 Å². The lowest BCUT2D eigenvalue weighted by Gasteiger charge is -2.15. The zero-order valence-corrected chi connectivity index (χ0v) is 11.4. The summed E-state index contributed by atoms with van der Waals surface area (Å²) in [6.45, 7) is 5.80. The van der Waals surface area contributed by atoms with Crippen LogP contribution in [-0.2, 0) is 0 Å². The molecule has 0 aromatic heterocycles. The Balaban J connectivity index is 2.42. The van der Waals surface area contributed by atoms with E-state index in [1.165, 1.54) is 0 Å². The van der Waals surface area contributed by atoms with Crippen molar-refractivity contribution >= 4 is 0 Å². The Morgan fingerprint density at radius 1 is 1.33 bits per heavy atom. The minimum absolute atomic E-state index is 0.260. The molecule has 1 rings (SSSR count). The number of aryl methyl sites for hydroxylation is 1. The number of hydrogen-bond donors (Lipinski definition) is 2. The summed E-state index contributed by atoms with van der Waals surface area (Å²) >= 11 is 0. The van der Waals surface area contributed by atoms with Crippen LogP contribution in [0.2, 0.25) is 0 Å². The second kappa shape index (κ2) is 7.95. The van der Waals surface area contributed by atoms with Crippen molar-refractivity contribution in [1.82, 2.24) is 5.32 Å². The summed E-state index contributed by atoms with van der Waals surface area (Å²) in [5.41, 5.74) is 1.12. The van der Waals surface area contributed by atoms with Crippen LogP contribution >= 0.6 is 0 Å². The zero-order valence-electron chi connectivity index (χ0n) is 11.4. The van der Waals surface area contributed by atoms with Gasteiger partial charge in [-0.25, -0.2) is 0 Å². The van der Waals surface area contributed by atoms with E-state index in [2.05, 4.69) is 12.2 Å². The van der Waals surface area contributed by atoms with Crippen LogP contribution in [0.25, 0.3) is 0 Å². The summed E-state index contributed by atoms with van der Waals surface area (Å²) < 4.78 is 10.8. The first-order valence-electron chi connectivity index (χ1n) is 6.33. The van der Waals surface area contributed by atoms with E-state index in [1.807, 2.05) is 25.1 Å². The van der Waals surface area contributed by atoms with Crippen molar-refractivity contribution in [3.63, 3.8) is 0 Å². The number of rotatable bonds is 8. The highest BCUT2D eigenvalue weighted by atomic mass is 16.5. The van der Waals surface area contributed by atoms with Crippen molar-refractivity contribution in [3.05, 3.63) is 23.8 Å². The molecule has 1 unspecified atom stereocenters. The van der Waals surface area contributed by atoms with Crippen molar-refractivity contribution in [3.8, 4) is 11.5 Å². The Kier molecular flexibility index (Phi) is 6.54. The first-order chi connectivity index (χ1) is 8.67. The molecule has 4 heteroatoms. The van der Waals surface area contributed by atoms with E-state index in [1.54, 1.807) is 7.11 Å². The molecule has 18 heavy (non-hydrogen) atoms. The van der Waals surface area contributed by atoms with E-state index in [9.17, 15) is 5.11 Å². The number of benzene rings is 1. The second-order valence-electron chi connectivity index (χ2n) is 4.32. The quantitative estimate of drug-likeness (QED) is 0.693. The summed E-state index contributed by atoms with van der Waals surface area (Å²) in [6, 6.07) is 5.73. The monoisotopic (exact) mass is 253 g/mol. The number of ether oxygens (including phenoxy) is 2. The Labute approximate surface area is 109 Å². The third kappa shape index (κ3) is 4.94. The molecule has 0 heterocycles. The minimum atomic E-state index is -0.512. The molecule has 0 aliphatic carbocycles. The van der Waals surface area contributed by atoms with Crippen LogP contribution in [0.5, 0.6) is 11.5 Å². The normalized spacial score (nSPS) is 12.2. The smallest absolute Gasteiger partial charge is 0.161 e. The number of aliphatic hydroxyl groups excluding tert-OH is 1. The van der Waals surface area contributed by atoms with E-state index in [0.29, 0.717) is 18.0 Å². The number of methoxy groups -OCH3 is 1. The lowest BCUT2D eigenvalue weighted by molar-refractivity contribution is 0.105. The summed E-state index contributed by atoms with van der Waals surface area (Å²) in [5, 5.41) is 12.9. The van der Waals surface area contributed by atoms with Crippen molar-refractivity contribution in [2.45, 2.75) is 26.4 Å². The first kappa shape index (κ1) is 14.8. The maximum absolute atomic E-state index is 9.73. The molecule has 102 valence electrons. The highest BCUT2D eigenvalue weighted by molar-refractivity contribution is 5.42. The van der Waals surface area contributed by atoms with Gasteiger partial charge in [-0.05, 0) is 37.6 Å². The van der Waals surface area contributed by atoms with Gasteiger partial charge in [-0.15, -0.1) is 0 Å². The molecule has 4 nitrogen and oxygen atoms in total. The maximum atomic E-state index is 9.73. The van der Waals surface area contributed by atoms with Crippen molar-refractivity contribution in [2.75, 3.05) is 26.8 Å². The fraction of sp³-hybridized carbons (Fsp3) is 0.571. The molecule has 0 spiro atoms. The van der Waals surface area contributed by atoms with Crippen LogP contribution in [0.15, 0.2) is 18.2 Å². The third-order valence-electron chi connectivity index (χ3n) is 2.56. The Hall–Kier alpha value is -1.26. The van der Waals surface area contributed by atoms with Crippen LogP contribution in [0.3, 0.4) is 0 Å². The SMILES string of the molecule is CCCNCC(O)COc1ccc(C)cc1OC. The Morgan fingerprint density at radius 2 is 2.11 bits per heavy atom. The van der Waals surface area contributed by atoms with Crippen molar-refractivity contribution in [1.29, 1.82) is 0 Å². The standard InChI is InChI=1S/C14H23NO3/c1-4-7-15-9-12(16)10-18-13-6-5-11(2)8-14(13)17-3/h5-6,8,12,15-16H,4,7,9-10H2,1-3H3. The van der Waals surface area contributed by atoms with Crippen molar-refractivity contribution in [2.24, 2.45) is 0 Å². The molecular weight excluding hydrogens is 230 g/mol. The predicted octanol–water partition coefficient (Wildman–Crippen LogP) is 1.74. The summed E-state index contributed by atoms with van der Waals surface area (Å²) in [4.78, 5) is 0. The van der Waals surface area contributed by atoms with Gasteiger partial charge in [0.05, 0.1) is 7.11 Å². The molecule has 0 fully saturated rings. The van der Waals surface area contributed by atoms with E-state index in [0.717, 1.165) is 18.5 Å². The summed E-state index contributed by atoms with van der Waals surface area (Å²) in [5.74, 6) is 1.36. The average molecular weight is 253 g/mol. The van der Waals surface area contributed by atoms with Gasteiger partial charge in [0.15, 0.2) is 11.5 Å². The molecule has 1 aromatic rings. The van der Waals surface area contributed by atoms with E-state index in [4.69, 9.17) is 9.47 Å². The largest absolute Gasteiger partial charge is 0.493 e. The van der Waals surface area contributed by atoms with E-state index >= 15 is 0 Å². The fourth-order valence-corrected chi connectivity index (χ4v) is 1.58. The third-order valence-corrected chi connectivity index (χ3v) is 2.56. The van der Waals surface area contributed by atoms with Crippen LogP contribution in [0.1, 0.15) is 18.9 Å². The minimum Gasteiger partial charge on any atom is -0.493 e. The van der Waals surface area contributed by atoms with Crippen LogP contribution in [0.4, 0.5) is 0 Å². The molecule has 1 aromatic carbocycles. The lowest BCUT2D eigenvalue weighted by atomic mass is 10.2. The van der Waals surface area contributed by atoms with Gasteiger partial charge in [-0.1, -0.05) is 13.0 Å². The molecule has 0 aliphatic heterocycles. The van der Waals surface area contributed by atoms with Gasteiger partial charge in [0, 0.05) is 6.54 Å². The number of nitrogens with one attached hydrogen (secondary N) is 1.